The van der Waals surface area contributed by atoms with Crippen LogP contribution in [0.4, 0.5) is 19.0 Å². The molecule has 6 heterocycles. The van der Waals surface area contributed by atoms with Crippen LogP contribution in [-0.4, -0.2) is 92.0 Å². The van der Waals surface area contributed by atoms with Gasteiger partial charge >= 0.3 is 12.1 Å². The van der Waals surface area contributed by atoms with E-state index in [1.54, 1.807) is 6.20 Å². The minimum Gasteiger partial charge on any atom is -0.440 e. The van der Waals surface area contributed by atoms with Crippen molar-refractivity contribution in [2.75, 3.05) is 44.3 Å². The van der Waals surface area contributed by atoms with Gasteiger partial charge < -0.3 is 18.9 Å². The third kappa shape index (κ3) is 7.38. The Balaban J connectivity index is 1.11. The molecule has 0 amide bonds. The normalized spacial score (nSPS) is 17.2. The van der Waals surface area contributed by atoms with Crippen molar-refractivity contribution in [3.05, 3.63) is 66.7 Å². The zero-order chi connectivity index (χ0) is 34.0. The minimum atomic E-state index is -5.07. The molecule has 12 nitrogen and oxygen atoms in total. The Hall–Kier alpha value is -4.60. The van der Waals surface area contributed by atoms with Gasteiger partial charge in [0.25, 0.3) is 0 Å². The molecule has 0 saturated carbocycles. The van der Waals surface area contributed by atoms with Crippen LogP contribution in [0.3, 0.4) is 0 Å². The molecular formula is C34H38F3N9O3. The van der Waals surface area contributed by atoms with Crippen LogP contribution < -0.4 is 10.6 Å². The molecule has 4 aromatic heterocycles. The predicted molar refractivity (Wildman–Crippen MR) is 176 cm³/mol. The van der Waals surface area contributed by atoms with Gasteiger partial charge in [0.15, 0.2) is 17.7 Å². The predicted octanol–water partition coefficient (Wildman–Crippen LogP) is 4.69. The first kappa shape index (κ1) is 32.9. The summed E-state index contributed by atoms with van der Waals surface area (Å²) in [5, 5.41) is 6.77. The van der Waals surface area contributed by atoms with Crippen LogP contribution in [0.5, 0.6) is 0 Å². The lowest BCUT2D eigenvalue weighted by Crippen LogP contribution is -2.37. The summed E-state index contributed by atoms with van der Waals surface area (Å²) >= 11 is 0. The fraction of sp³-hybridized carbons (Fsp3) is 0.441. The zero-order valence-electron chi connectivity index (χ0n) is 26.9. The molecule has 2 saturated heterocycles. The number of aryl methyl sites for hydroxylation is 1. The molecule has 2 aliphatic rings. The average Bonchev–Trinajstić information content (AvgIpc) is 3.73. The molecule has 1 atom stereocenters. The highest BCUT2D eigenvalue weighted by Gasteiger charge is 2.41. The van der Waals surface area contributed by atoms with E-state index < -0.39 is 18.4 Å². The molecule has 258 valence electrons. The Kier molecular flexibility index (Phi) is 9.47. The van der Waals surface area contributed by atoms with E-state index in [0.29, 0.717) is 32.0 Å². The number of pyridine rings is 1. The van der Waals surface area contributed by atoms with Crippen LogP contribution >= 0.6 is 0 Å². The molecule has 0 bridgehead atoms. The minimum absolute atomic E-state index is 0.0922. The van der Waals surface area contributed by atoms with Gasteiger partial charge in [-0.25, -0.2) is 19.4 Å². The number of fused-ring (bicyclic) bond motifs is 2. The highest BCUT2D eigenvalue weighted by atomic mass is 19.4. The number of anilines is 1. The van der Waals surface area contributed by atoms with Gasteiger partial charge in [-0.1, -0.05) is 6.07 Å². The van der Waals surface area contributed by atoms with Gasteiger partial charge in [0, 0.05) is 74.3 Å². The maximum Gasteiger partial charge on any atom is 0.490 e. The zero-order valence-corrected chi connectivity index (χ0v) is 26.9. The summed E-state index contributed by atoms with van der Waals surface area (Å²) in [5.74, 6) is -0.818. The summed E-state index contributed by atoms with van der Waals surface area (Å²) in [6, 6.07) is 12.3. The molecule has 1 unspecified atom stereocenters. The second kappa shape index (κ2) is 14.1. The first-order valence-electron chi connectivity index (χ1n) is 16.5. The van der Waals surface area contributed by atoms with Crippen molar-refractivity contribution in [1.29, 1.82) is 0 Å². The Morgan fingerprint density at radius 2 is 1.88 bits per heavy atom. The Morgan fingerprint density at radius 1 is 1.06 bits per heavy atom. The van der Waals surface area contributed by atoms with Crippen LogP contribution in [0.15, 0.2) is 61.2 Å². The third-order valence-electron chi connectivity index (χ3n) is 9.18. The van der Waals surface area contributed by atoms with Gasteiger partial charge in [-0.15, -0.1) is 0 Å². The first-order chi connectivity index (χ1) is 23.7. The molecule has 49 heavy (non-hydrogen) atoms. The van der Waals surface area contributed by atoms with Crippen molar-refractivity contribution in [1.82, 2.24) is 34.2 Å². The largest absolute Gasteiger partial charge is 0.490 e. The number of morpholine rings is 1. The number of carbonyl (C=O) groups excluding carboxylic acids is 1. The number of esters is 1. The van der Waals surface area contributed by atoms with Gasteiger partial charge in [-0.05, 0) is 61.6 Å². The van der Waals surface area contributed by atoms with Crippen molar-refractivity contribution in [2.24, 2.45) is 5.73 Å². The monoisotopic (exact) mass is 677 g/mol. The number of likely N-dealkylation sites (tertiary alicyclic amines) is 1. The van der Waals surface area contributed by atoms with Gasteiger partial charge in [0.2, 0.25) is 0 Å². The van der Waals surface area contributed by atoms with Crippen molar-refractivity contribution in [3.8, 4) is 11.4 Å². The second-order valence-corrected chi connectivity index (χ2v) is 12.5. The number of piperidine rings is 1. The molecule has 0 radical (unpaired) electrons. The number of aromatic nitrogens is 6. The highest BCUT2D eigenvalue weighted by Crippen LogP contribution is 2.33. The number of nitrogens with zero attached hydrogens (tertiary/aromatic N) is 8. The molecule has 5 aromatic rings. The first-order valence-corrected chi connectivity index (χ1v) is 16.5. The number of rotatable bonds is 10. The van der Waals surface area contributed by atoms with E-state index in [2.05, 4.69) is 30.3 Å². The van der Waals surface area contributed by atoms with E-state index in [0.717, 1.165) is 78.9 Å². The average molecular weight is 678 g/mol. The van der Waals surface area contributed by atoms with E-state index in [-0.39, 0.29) is 12.5 Å². The molecule has 2 N–H and O–H groups in total. The summed E-state index contributed by atoms with van der Waals surface area (Å²) < 4.78 is 51.5. The number of ether oxygens (including phenoxy) is 2. The second-order valence-electron chi connectivity index (χ2n) is 12.5. The lowest BCUT2D eigenvalue weighted by atomic mass is 10.0. The van der Waals surface area contributed by atoms with Crippen LogP contribution in [0.2, 0.25) is 0 Å². The highest BCUT2D eigenvalue weighted by molar-refractivity contribution is 5.90. The Morgan fingerprint density at radius 3 is 2.63 bits per heavy atom. The molecule has 2 aliphatic heterocycles. The number of hydrogen-bond donors (Lipinski definition) is 1. The topological polar surface area (TPSA) is 129 Å². The third-order valence-corrected chi connectivity index (χ3v) is 9.18. The molecule has 0 aliphatic carbocycles. The fourth-order valence-electron chi connectivity index (χ4n) is 6.66. The number of halogens is 3. The smallest absolute Gasteiger partial charge is 0.440 e. The quantitative estimate of drug-likeness (QED) is 0.164. The van der Waals surface area contributed by atoms with Crippen molar-refractivity contribution >= 4 is 33.7 Å². The van der Waals surface area contributed by atoms with E-state index in [1.807, 2.05) is 53.5 Å². The molecule has 7 rings (SSSR count). The maximum absolute atomic E-state index is 12.5. The number of nitrogens with two attached hydrogens (primary N) is 1. The lowest BCUT2D eigenvalue weighted by Gasteiger charge is -2.32. The maximum atomic E-state index is 12.5. The van der Waals surface area contributed by atoms with E-state index in [9.17, 15) is 18.0 Å². The van der Waals surface area contributed by atoms with E-state index >= 15 is 0 Å². The summed E-state index contributed by atoms with van der Waals surface area (Å²) in [7, 11) is 0. The SMILES string of the molecule is NC(CCCn1ccc2cc(-c3nc(N4CCOCC4)c4cnn(C5CCN(Cc6cccnc6)CC5)c4n3)ccc21)OC(=O)C(F)(F)F. The van der Waals surface area contributed by atoms with Gasteiger partial charge in [-0.3, -0.25) is 15.6 Å². The van der Waals surface area contributed by atoms with E-state index in [1.165, 1.54) is 5.56 Å². The summed E-state index contributed by atoms with van der Waals surface area (Å²) in [5.41, 5.74) is 9.45. The van der Waals surface area contributed by atoms with Gasteiger partial charge in [0.1, 0.15) is 5.82 Å². The Bertz CT molecular complexity index is 1900. The van der Waals surface area contributed by atoms with Gasteiger partial charge in [0.05, 0.1) is 30.8 Å². The number of hydrogen-bond acceptors (Lipinski definition) is 10. The molecule has 15 heteroatoms. The van der Waals surface area contributed by atoms with Crippen molar-refractivity contribution in [2.45, 2.75) is 57.2 Å². The number of alkyl halides is 3. The standard InChI is InChI=1S/C34H38F3N9O3/c35-34(36,37)33(47)49-29(38)4-2-11-44-14-7-24-19-25(5-6-28(24)44)30-41-31(45-15-17-48-18-16-45)27-21-40-46(32(27)42-30)26-8-12-43(13-9-26)22-23-3-1-10-39-20-23/h1,3,5-7,10,14,19-21,26,29H,2,4,8-9,11-13,15-18,22,38H2. The van der Waals surface area contributed by atoms with Crippen LogP contribution in [-0.2, 0) is 27.4 Å². The lowest BCUT2D eigenvalue weighted by molar-refractivity contribution is -0.204. The van der Waals surface area contributed by atoms with E-state index in [4.69, 9.17) is 25.5 Å². The van der Waals surface area contributed by atoms with Crippen molar-refractivity contribution in [3.63, 3.8) is 0 Å². The summed E-state index contributed by atoms with van der Waals surface area (Å²) in [4.78, 5) is 30.2. The molecular weight excluding hydrogens is 639 g/mol. The summed E-state index contributed by atoms with van der Waals surface area (Å²) in [6.45, 7) is 5.97. The molecule has 1 aromatic carbocycles. The Labute approximate surface area is 280 Å². The number of carbonyl (C=O) groups is 1. The number of benzene rings is 1. The fourth-order valence-corrected chi connectivity index (χ4v) is 6.66. The van der Waals surface area contributed by atoms with Crippen molar-refractivity contribution < 1.29 is 27.4 Å². The van der Waals surface area contributed by atoms with Crippen LogP contribution in [0.1, 0.15) is 37.3 Å². The molecule has 0 spiro atoms. The van der Waals surface area contributed by atoms with Crippen LogP contribution in [0, 0.1) is 0 Å². The van der Waals surface area contributed by atoms with Gasteiger partial charge in [-0.2, -0.15) is 18.3 Å². The summed E-state index contributed by atoms with van der Waals surface area (Å²) in [6.07, 6.45) is 3.56. The van der Waals surface area contributed by atoms with Crippen LogP contribution in [0.25, 0.3) is 33.3 Å². The molecule has 2 fully saturated rings.